The molecule has 0 bridgehead atoms. The minimum atomic E-state index is 0.125. The standard InChI is InChI=1S/C7H7O2/c1-9-7-5-3-2-4-6(7)8/h2-4,8H,1H3. The van der Waals surface area contributed by atoms with Crippen LogP contribution in [0.5, 0.6) is 11.5 Å². The Bertz CT molecular complexity index is 196. The Labute approximate surface area is 53.7 Å². The first kappa shape index (κ1) is 5.95. The van der Waals surface area contributed by atoms with Crippen LogP contribution < -0.4 is 4.74 Å². The summed E-state index contributed by atoms with van der Waals surface area (Å²) in [7, 11) is 1.49. The van der Waals surface area contributed by atoms with Crippen molar-refractivity contribution in [1.82, 2.24) is 0 Å². The molecule has 0 atom stereocenters. The molecule has 0 aliphatic rings. The van der Waals surface area contributed by atoms with E-state index in [-0.39, 0.29) is 5.75 Å². The van der Waals surface area contributed by atoms with Crippen LogP contribution in [0.1, 0.15) is 0 Å². The average Bonchev–Trinajstić information content (AvgIpc) is 1.89. The topological polar surface area (TPSA) is 29.5 Å². The molecule has 1 rings (SSSR count). The number of phenolic OH excluding ortho intramolecular Hbond substituents is 1. The second-order valence-corrected chi connectivity index (χ2v) is 1.59. The molecule has 0 amide bonds. The second-order valence-electron chi connectivity index (χ2n) is 1.59. The Kier molecular flexibility index (Phi) is 1.58. The van der Waals surface area contributed by atoms with Gasteiger partial charge in [0.25, 0.3) is 0 Å². The van der Waals surface area contributed by atoms with Gasteiger partial charge in [-0.1, -0.05) is 12.1 Å². The fraction of sp³-hybridized carbons (Fsp3) is 0.143. The van der Waals surface area contributed by atoms with Gasteiger partial charge in [-0.3, -0.25) is 0 Å². The Hall–Kier alpha value is -1.18. The highest BCUT2D eigenvalue weighted by atomic mass is 16.5. The molecule has 1 aromatic rings. The largest absolute Gasteiger partial charge is 0.504 e. The quantitative estimate of drug-likeness (QED) is 0.608. The van der Waals surface area contributed by atoms with Gasteiger partial charge in [-0.2, -0.15) is 0 Å². The molecule has 2 heteroatoms. The van der Waals surface area contributed by atoms with E-state index in [9.17, 15) is 0 Å². The number of hydrogen-bond acceptors (Lipinski definition) is 2. The third-order valence-corrected chi connectivity index (χ3v) is 1.00. The molecule has 1 radical (unpaired) electrons. The summed E-state index contributed by atoms with van der Waals surface area (Å²) >= 11 is 0. The van der Waals surface area contributed by atoms with E-state index < -0.39 is 0 Å². The summed E-state index contributed by atoms with van der Waals surface area (Å²) in [6.07, 6.45) is 0. The number of hydrogen-bond donors (Lipinski definition) is 1. The van der Waals surface area contributed by atoms with E-state index in [1.165, 1.54) is 7.11 Å². The van der Waals surface area contributed by atoms with Crippen molar-refractivity contribution < 1.29 is 9.84 Å². The van der Waals surface area contributed by atoms with Crippen LogP contribution in [0.25, 0.3) is 0 Å². The van der Waals surface area contributed by atoms with Gasteiger partial charge in [0.1, 0.15) is 0 Å². The first-order valence-electron chi connectivity index (χ1n) is 2.58. The molecule has 0 aromatic heterocycles. The molecule has 1 N–H and O–H groups in total. The van der Waals surface area contributed by atoms with Gasteiger partial charge >= 0.3 is 0 Å². The van der Waals surface area contributed by atoms with Crippen molar-refractivity contribution >= 4 is 0 Å². The van der Waals surface area contributed by atoms with Gasteiger partial charge in [0, 0.05) is 6.07 Å². The van der Waals surface area contributed by atoms with Crippen molar-refractivity contribution in [3.63, 3.8) is 0 Å². The minimum Gasteiger partial charge on any atom is -0.504 e. The summed E-state index contributed by atoms with van der Waals surface area (Å²) in [6.45, 7) is 0. The first-order valence-corrected chi connectivity index (χ1v) is 2.58. The number of aromatic hydroxyl groups is 1. The van der Waals surface area contributed by atoms with Crippen molar-refractivity contribution in [2.45, 2.75) is 0 Å². The SMILES string of the molecule is COc1[c]cccc1O. The van der Waals surface area contributed by atoms with E-state index in [0.29, 0.717) is 5.75 Å². The normalized spacial score (nSPS) is 9.00. The number of benzene rings is 1. The molecule has 0 aliphatic heterocycles. The van der Waals surface area contributed by atoms with E-state index in [1.807, 2.05) is 0 Å². The van der Waals surface area contributed by atoms with Gasteiger partial charge in [0.15, 0.2) is 11.5 Å². The monoisotopic (exact) mass is 123 g/mol. The first-order chi connectivity index (χ1) is 4.34. The third kappa shape index (κ3) is 1.13. The Morgan fingerprint density at radius 2 is 2.44 bits per heavy atom. The molecule has 0 fully saturated rings. The van der Waals surface area contributed by atoms with Crippen LogP contribution in [0.15, 0.2) is 18.2 Å². The summed E-state index contributed by atoms with van der Waals surface area (Å²) in [5.41, 5.74) is 0. The fourth-order valence-corrected chi connectivity index (χ4v) is 0.576. The molecule has 9 heavy (non-hydrogen) atoms. The Morgan fingerprint density at radius 3 is 2.89 bits per heavy atom. The average molecular weight is 123 g/mol. The predicted octanol–water partition coefficient (Wildman–Crippen LogP) is 1.20. The molecule has 0 aliphatic carbocycles. The van der Waals surface area contributed by atoms with E-state index in [2.05, 4.69) is 6.07 Å². The van der Waals surface area contributed by atoms with E-state index in [1.54, 1.807) is 18.2 Å². The summed E-state index contributed by atoms with van der Waals surface area (Å²) in [4.78, 5) is 0. The van der Waals surface area contributed by atoms with E-state index in [4.69, 9.17) is 9.84 Å². The molecule has 0 spiro atoms. The van der Waals surface area contributed by atoms with Crippen molar-refractivity contribution in [3.8, 4) is 11.5 Å². The third-order valence-electron chi connectivity index (χ3n) is 1.00. The lowest BCUT2D eigenvalue weighted by atomic mass is 10.3. The lowest BCUT2D eigenvalue weighted by Crippen LogP contribution is -1.81. The van der Waals surface area contributed by atoms with Gasteiger partial charge in [0.05, 0.1) is 7.11 Å². The highest BCUT2D eigenvalue weighted by molar-refractivity contribution is 5.36. The Balaban J connectivity index is 3.01. The number of para-hydroxylation sites is 1. The molecule has 0 saturated heterocycles. The lowest BCUT2D eigenvalue weighted by molar-refractivity contribution is 0.372. The highest BCUT2D eigenvalue weighted by Crippen LogP contribution is 2.22. The summed E-state index contributed by atoms with van der Waals surface area (Å²) in [5.74, 6) is 0.512. The molecular formula is C7H7O2. The number of methoxy groups -OCH3 is 1. The van der Waals surface area contributed by atoms with Gasteiger partial charge in [0.2, 0.25) is 0 Å². The predicted molar refractivity (Wildman–Crippen MR) is 33.5 cm³/mol. The molecule has 0 unspecified atom stereocenters. The Morgan fingerprint density at radius 1 is 1.67 bits per heavy atom. The van der Waals surface area contributed by atoms with Crippen LogP contribution in [0.2, 0.25) is 0 Å². The second kappa shape index (κ2) is 2.40. The van der Waals surface area contributed by atoms with Crippen molar-refractivity contribution in [2.75, 3.05) is 7.11 Å². The summed E-state index contributed by atoms with van der Waals surface area (Å²) in [5, 5.41) is 8.95. The van der Waals surface area contributed by atoms with Crippen molar-refractivity contribution in [1.29, 1.82) is 0 Å². The smallest absolute Gasteiger partial charge is 0.168 e. The number of phenols is 1. The zero-order chi connectivity index (χ0) is 6.69. The van der Waals surface area contributed by atoms with E-state index >= 15 is 0 Å². The molecule has 2 nitrogen and oxygen atoms in total. The number of rotatable bonds is 1. The lowest BCUT2D eigenvalue weighted by Gasteiger charge is -1.98. The number of ether oxygens (including phenoxy) is 1. The highest BCUT2D eigenvalue weighted by Gasteiger charge is 1.94. The van der Waals surface area contributed by atoms with Crippen LogP contribution in [0.4, 0.5) is 0 Å². The summed E-state index contributed by atoms with van der Waals surface area (Å²) < 4.78 is 4.74. The fourth-order valence-electron chi connectivity index (χ4n) is 0.576. The van der Waals surface area contributed by atoms with Crippen LogP contribution in [0.3, 0.4) is 0 Å². The van der Waals surface area contributed by atoms with Gasteiger partial charge in [-0.05, 0) is 6.07 Å². The molecule has 0 heterocycles. The van der Waals surface area contributed by atoms with Crippen molar-refractivity contribution in [3.05, 3.63) is 24.3 Å². The minimum absolute atomic E-state index is 0.125. The molecule has 0 saturated carbocycles. The van der Waals surface area contributed by atoms with Crippen molar-refractivity contribution in [2.24, 2.45) is 0 Å². The van der Waals surface area contributed by atoms with Crippen LogP contribution in [-0.2, 0) is 0 Å². The molecule has 47 valence electrons. The van der Waals surface area contributed by atoms with Gasteiger partial charge in [-0.25, -0.2) is 0 Å². The molecular weight excluding hydrogens is 116 g/mol. The van der Waals surface area contributed by atoms with Crippen LogP contribution in [0, 0.1) is 6.07 Å². The summed E-state index contributed by atoms with van der Waals surface area (Å²) in [6, 6.07) is 7.64. The van der Waals surface area contributed by atoms with E-state index in [0.717, 1.165) is 0 Å². The molecule has 1 aromatic carbocycles. The van der Waals surface area contributed by atoms with Gasteiger partial charge < -0.3 is 9.84 Å². The van der Waals surface area contributed by atoms with Crippen LogP contribution >= 0.6 is 0 Å². The maximum Gasteiger partial charge on any atom is 0.168 e. The zero-order valence-electron chi connectivity index (χ0n) is 5.09. The maximum atomic E-state index is 8.95. The van der Waals surface area contributed by atoms with Crippen LogP contribution in [-0.4, -0.2) is 12.2 Å². The maximum absolute atomic E-state index is 8.95. The van der Waals surface area contributed by atoms with Gasteiger partial charge in [-0.15, -0.1) is 0 Å². The zero-order valence-corrected chi connectivity index (χ0v) is 5.09.